The number of nitrogens with one attached hydrogen (secondary N) is 1. The van der Waals surface area contributed by atoms with E-state index >= 15 is 0 Å². The van der Waals surface area contributed by atoms with Gasteiger partial charge in [-0.05, 0) is 52.1 Å². The summed E-state index contributed by atoms with van der Waals surface area (Å²) in [5, 5.41) is 2.88. The molecule has 0 saturated carbocycles. The highest BCUT2D eigenvalue weighted by atomic mass is 16.5. The SMILES string of the molecule is CN(C)C(=O)CCc1ccc(NC(=O)COc2ccc(C(C)(C)C)cc2C(C)(C)C)cc1. The maximum absolute atomic E-state index is 12.5. The first kappa shape index (κ1) is 25.4. The molecule has 2 aromatic rings. The van der Waals surface area contributed by atoms with Gasteiger partial charge in [0.25, 0.3) is 5.91 Å². The second kappa shape index (κ2) is 10.2. The van der Waals surface area contributed by atoms with Gasteiger partial charge in [0, 0.05) is 26.2 Å². The number of carbonyl (C=O) groups excluding carboxylic acids is 2. The zero-order chi connectivity index (χ0) is 24.1. The predicted molar refractivity (Wildman–Crippen MR) is 131 cm³/mol. The fraction of sp³-hybridized carbons (Fsp3) is 0.481. The molecule has 0 heterocycles. The molecule has 5 nitrogen and oxygen atoms in total. The first-order valence-electron chi connectivity index (χ1n) is 11.1. The van der Waals surface area contributed by atoms with Crippen molar-refractivity contribution in [1.82, 2.24) is 4.90 Å². The molecule has 0 spiro atoms. The average Bonchev–Trinajstić information content (AvgIpc) is 2.70. The Bertz CT molecular complexity index is 933. The van der Waals surface area contributed by atoms with Gasteiger partial charge < -0.3 is 15.0 Å². The summed E-state index contributed by atoms with van der Waals surface area (Å²) < 4.78 is 5.92. The number of rotatable bonds is 7. The van der Waals surface area contributed by atoms with Gasteiger partial charge in [-0.3, -0.25) is 9.59 Å². The Hall–Kier alpha value is -2.82. The minimum Gasteiger partial charge on any atom is -0.483 e. The van der Waals surface area contributed by atoms with E-state index in [2.05, 4.69) is 59.0 Å². The summed E-state index contributed by atoms with van der Waals surface area (Å²) in [7, 11) is 3.51. The molecule has 2 amide bonds. The van der Waals surface area contributed by atoms with E-state index in [-0.39, 0.29) is 29.3 Å². The molecule has 0 fully saturated rings. The number of amides is 2. The van der Waals surface area contributed by atoms with Gasteiger partial charge in [0.2, 0.25) is 5.91 Å². The Balaban J connectivity index is 1.99. The van der Waals surface area contributed by atoms with Crippen molar-refractivity contribution in [2.45, 2.75) is 65.2 Å². The van der Waals surface area contributed by atoms with Crippen molar-refractivity contribution in [1.29, 1.82) is 0 Å². The molecule has 5 heteroatoms. The molecule has 1 N–H and O–H groups in total. The molecule has 174 valence electrons. The van der Waals surface area contributed by atoms with Crippen LogP contribution in [0.5, 0.6) is 5.75 Å². The lowest BCUT2D eigenvalue weighted by molar-refractivity contribution is -0.128. The van der Waals surface area contributed by atoms with E-state index in [1.54, 1.807) is 19.0 Å². The van der Waals surface area contributed by atoms with Crippen LogP contribution in [0.3, 0.4) is 0 Å². The maximum Gasteiger partial charge on any atom is 0.262 e. The minimum atomic E-state index is -0.208. The second-order valence-corrected chi connectivity index (χ2v) is 10.5. The van der Waals surface area contributed by atoms with Crippen molar-refractivity contribution < 1.29 is 14.3 Å². The number of aryl methyl sites for hydroxylation is 1. The summed E-state index contributed by atoms with van der Waals surface area (Å²) in [5.41, 5.74) is 4.04. The Labute approximate surface area is 193 Å². The topological polar surface area (TPSA) is 58.6 Å². The van der Waals surface area contributed by atoms with Crippen LogP contribution in [-0.4, -0.2) is 37.4 Å². The molecule has 32 heavy (non-hydrogen) atoms. The van der Waals surface area contributed by atoms with Crippen LogP contribution in [-0.2, 0) is 26.8 Å². The first-order chi connectivity index (χ1) is 14.8. The van der Waals surface area contributed by atoms with Gasteiger partial charge in [0.05, 0.1) is 0 Å². The van der Waals surface area contributed by atoms with Crippen molar-refractivity contribution >= 4 is 17.5 Å². The number of nitrogens with zero attached hydrogens (tertiary/aromatic N) is 1. The molecule has 0 saturated heterocycles. The third-order valence-corrected chi connectivity index (χ3v) is 5.38. The highest BCUT2D eigenvalue weighted by Crippen LogP contribution is 2.35. The highest BCUT2D eigenvalue weighted by molar-refractivity contribution is 5.91. The zero-order valence-corrected chi connectivity index (χ0v) is 20.8. The normalized spacial score (nSPS) is 11.8. The van der Waals surface area contributed by atoms with E-state index in [0.29, 0.717) is 18.5 Å². The highest BCUT2D eigenvalue weighted by Gasteiger charge is 2.23. The van der Waals surface area contributed by atoms with Crippen LogP contribution in [0.25, 0.3) is 0 Å². The lowest BCUT2D eigenvalue weighted by Crippen LogP contribution is -2.23. The van der Waals surface area contributed by atoms with Crippen molar-refractivity contribution in [3.05, 3.63) is 59.2 Å². The third-order valence-electron chi connectivity index (χ3n) is 5.38. The summed E-state index contributed by atoms with van der Waals surface area (Å²) in [6, 6.07) is 13.8. The van der Waals surface area contributed by atoms with E-state index in [1.165, 1.54) is 5.56 Å². The van der Waals surface area contributed by atoms with Gasteiger partial charge in [0.1, 0.15) is 5.75 Å². The van der Waals surface area contributed by atoms with Crippen LogP contribution in [0.1, 0.15) is 64.7 Å². The van der Waals surface area contributed by atoms with Gasteiger partial charge >= 0.3 is 0 Å². The summed E-state index contributed by atoms with van der Waals surface area (Å²) in [4.78, 5) is 25.8. The molecule has 0 atom stereocenters. The van der Waals surface area contributed by atoms with Crippen LogP contribution >= 0.6 is 0 Å². The fourth-order valence-electron chi connectivity index (χ4n) is 3.28. The van der Waals surface area contributed by atoms with E-state index in [9.17, 15) is 9.59 Å². The molecule has 2 aromatic carbocycles. The molecule has 2 rings (SSSR count). The molecule has 0 aliphatic carbocycles. The second-order valence-electron chi connectivity index (χ2n) is 10.5. The monoisotopic (exact) mass is 438 g/mol. The molecular formula is C27H38N2O3. The maximum atomic E-state index is 12.5. The van der Waals surface area contributed by atoms with Crippen LogP contribution in [0.2, 0.25) is 0 Å². The number of benzene rings is 2. The lowest BCUT2D eigenvalue weighted by Gasteiger charge is -2.27. The number of anilines is 1. The molecule has 0 unspecified atom stereocenters. The van der Waals surface area contributed by atoms with E-state index in [4.69, 9.17) is 4.74 Å². The Morgan fingerprint density at radius 3 is 2.06 bits per heavy atom. The standard InChI is InChI=1S/C27H38N2O3/c1-26(2,3)20-12-15-23(22(17-20)27(4,5)6)32-18-24(30)28-21-13-9-19(10-14-21)11-16-25(31)29(7)8/h9-10,12-15,17H,11,16,18H2,1-8H3,(H,28,30). The number of carbonyl (C=O) groups is 2. The van der Waals surface area contributed by atoms with Crippen LogP contribution in [0, 0.1) is 0 Å². The minimum absolute atomic E-state index is 0.0435. The number of ether oxygens (including phenoxy) is 1. The van der Waals surface area contributed by atoms with Gasteiger partial charge in [-0.2, -0.15) is 0 Å². The summed E-state index contributed by atoms with van der Waals surface area (Å²) in [6.07, 6.45) is 1.14. The number of hydrogen-bond acceptors (Lipinski definition) is 3. The van der Waals surface area contributed by atoms with Gasteiger partial charge in [-0.1, -0.05) is 65.8 Å². The average molecular weight is 439 g/mol. The molecule has 0 aromatic heterocycles. The molecule has 0 radical (unpaired) electrons. The smallest absolute Gasteiger partial charge is 0.262 e. The molecule has 0 aliphatic rings. The Morgan fingerprint density at radius 2 is 1.53 bits per heavy atom. The summed E-state index contributed by atoms with van der Waals surface area (Å²) in [6.45, 7) is 13.0. The number of hydrogen-bond donors (Lipinski definition) is 1. The van der Waals surface area contributed by atoms with E-state index < -0.39 is 0 Å². The summed E-state index contributed by atoms with van der Waals surface area (Å²) >= 11 is 0. The van der Waals surface area contributed by atoms with Crippen LogP contribution in [0.15, 0.2) is 42.5 Å². The Kier molecular flexibility index (Phi) is 8.11. The van der Waals surface area contributed by atoms with E-state index in [0.717, 1.165) is 16.9 Å². The van der Waals surface area contributed by atoms with Gasteiger partial charge in [-0.15, -0.1) is 0 Å². The van der Waals surface area contributed by atoms with Crippen LogP contribution in [0.4, 0.5) is 5.69 Å². The quantitative estimate of drug-likeness (QED) is 0.636. The van der Waals surface area contributed by atoms with Crippen molar-refractivity contribution in [3.8, 4) is 5.75 Å². The third kappa shape index (κ3) is 7.40. The molecular weight excluding hydrogens is 400 g/mol. The lowest BCUT2D eigenvalue weighted by atomic mass is 9.80. The van der Waals surface area contributed by atoms with Crippen molar-refractivity contribution in [3.63, 3.8) is 0 Å². The van der Waals surface area contributed by atoms with Crippen molar-refractivity contribution in [2.75, 3.05) is 26.0 Å². The molecule has 0 bridgehead atoms. The zero-order valence-electron chi connectivity index (χ0n) is 20.8. The fourth-order valence-corrected chi connectivity index (χ4v) is 3.28. The van der Waals surface area contributed by atoms with Gasteiger partial charge in [0.15, 0.2) is 6.61 Å². The van der Waals surface area contributed by atoms with Crippen LogP contribution < -0.4 is 10.1 Å². The summed E-state index contributed by atoms with van der Waals surface area (Å²) in [5.74, 6) is 0.631. The largest absolute Gasteiger partial charge is 0.483 e. The van der Waals surface area contributed by atoms with E-state index in [1.807, 2.05) is 30.3 Å². The molecule has 0 aliphatic heterocycles. The predicted octanol–water partition coefficient (Wildman–Crippen LogP) is 5.32. The Morgan fingerprint density at radius 1 is 0.906 bits per heavy atom. The van der Waals surface area contributed by atoms with Gasteiger partial charge in [-0.25, -0.2) is 0 Å². The first-order valence-corrected chi connectivity index (χ1v) is 11.1. The van der Waals surface area contributed by atoms with Crippen molar-refractivity contribution in [2.24, 2.45) is 0 Å².